The number of amides is 1. The number of sulfonamides is 1. The van der Waals surface area contributed by atoms with E-state index in [2.05, 4.69) is 10.3 Å². The maximum absolute atomic E-state index is 12.9. The summed E-state index contributed by atoms with van der Waals surface area (Å²) in [5, 5.41) is 3.14. The van der Waals surface area contributed by atoms with Crippen LogP contribution in [0.3, 0.4) is 0 Å². The number of pyridine rings is 1. The minimum absolute atomic E-state index is 0.00969. The van der Waals surface area contributed by atoms with Crippen molar-refractivity contribution in [3.8, 4) is 0 Å². The van der Waals surface area contributed by atoms with Crippen LogP contribution in [0.2, 0.25) is 0 Å². The van der Waals surface area contributed by atoms with Crippen molar-refractivity contribution >= 4 is 26.8 Å². The van der Waals surface area contributed by atoms with Gasteiger partial charge in [0, 0.05) is 36.2 Å². The molecule has 0 radical (unpaired) electrons. The average Bonchev–Trinajstić information content (AvgIpc) is 2.69. The summed E-state index contributed by atoms with van der Waals surface area (Å²) in [5.74, 6) is -0.410. The molecular weight excluding hydrogens is 378 g/mol. The van der Waals surface area contributed by atoms with Crippen molar-refractivity contribution in [2.75, 3.05) is 13.1 Å². The molecule has 152 valence electrons. The number of aromatic nitrogens is 1. The topological polar surface area (TPSA) is 99.3 Å². The van der Waals surface area contributed by atoms with Crippen molar-refractivity contribution in [3.63, 3.8) is 0 Å². The SMILES string of the molecule is CCN(CC)S(=O)(=O)c1ccc2[nH]cc(C(=O)NC3CCCCC3)c(=O)c2c1. The second kappa shape index (κ2) is 8.45. The molecule has 1 aliphatic rings. The molecule has 0 aliphatic heterocycles. The number of nitrogens with one attached hydrogen (secondary N) is 2. The summed E-state index contributed by atoms with van der Waals surface area (Å²) in [7, 11) is -3.69. The molecule has 7 nitrogen and oxygen atoms in total. The van der Waals surface area contributed by atoms with Crippen LogP contribution < -0.4 is 10.7 Å². The van der Waals surface area contributed by atoms with Crippen molar-refractivity contribution in [1.82, 2.24) is 14.6 Å². The van der Waals surface area contributed by atoms with E-state index < -0.39 is 21.4 Å². The molecule has 1 saturated carbocycles. The number of carbonyl (C=O) groups excluding carboxylic acids is 1. The van der Waals surface area contributed by atoms with Gasteiger partial charge in [0.1, 0.15) is 5.56 Å². The van der Waals surface area contributed by atoms with Gasteiger partial charge in [-0.1, -0.05) is 33.1 Å². The molecule has 1 aliphatic carbocycles. The van der Waals surface area contributed by atoms with Gasteiger partial charge in [-0.2, -0.15) is 4.31 Å². The predicted molar refractivity (Wildman–Crippen MR) is 109 cm³/mol. The molecule has 2 N–H and O–H groups in total. The maximum atomic E-state index is 12.9. The molecule has 0 spiro atoms. The quantitative estimate of drug-likeness (QED) is 0.772. The Hall–Kier alpha value is -2.19. The van der Waals surface area contributed by atoms with E-state index in [1.807, 2.05) is 0 Å². The number of benzene rings is 1. The highest BCUT2D eigenvalue weighted by Gasteiger charge is 2.23. The molecule has 3 rings (SSSR count). The van der Waals surface area contributed by atoms with Crippen LogP contribution in [0.5, 0.6) is 0 Å². The van der Waals surface area contributed by atoms with Gasteiger partial charge in [-0.25, -0.2) is 8.42 Å². The standard InChI is InChI=1S/C20H27N3O4S/c1-3-23(4-2)28(26,27)15-10-11-18-16(12-15)19(24)17(13-21-18)20(25)22-14-8-6-5-7-9-14/h10-14H,3-9H2,1-2H3,(H,21,24)(H,22,25). The van der Waals surface area contributed by atoms with Crippen LogP contribution in [0.15, 0.2) is 34.1 Å². The molecule has 0 saturated heterocycles. The second-order valence-electron chi connectivity index (χ2n) is 7.14. The number of hydrogen-bond acceptors (Lipinski definition) is 4. The van der Waals surface area contributed by atoms with E-state index in [-0.39, 0.29) is 21.9 Å². The van der Waals surface area contributed by atoms with E-state index in [0.29, 0.717) is 18.6 Å². The first kappa shape index (κ1) is 20.5. The fourth-order valence-corrected chi connectivity index (χ4v) is 5.23. The zero-order valence-corrected chi connectivity index (χ0v) is 17.1. The van der Waals surface area contributed by atoms with Crippen LogP contribution in [0.1, 0.15) is 56.3 Å². The molecule has 28 heavy (non-hydrogen) atoms. The number of H-pyrrole nitrogens is 1. The van der Waals surface area contributed by atoms with Crippen LogP contribution in [0, 0.1) is 0 Å². The highest BCUT2D eigenvalue weighted by atomic mass is 32.2. The lowest BCUT2D eigenvalue weighted by Crippen LogP contribution is -2.38. The molecule has 1 amide bonds. The van der Waals surface area contributed by atoms with Crippen molar-refractivity contribution in [2.24, 2.45) is 0 Å². The lowest BCUT2D eigenvalue weighted by Gasteiger charge is -2.22. The zero-order valence-electron chi connectivity index (χ0n) is 16.3. The second-order valence-corrected chi connectivity index (χ2v) is 9.07. The summed E-state index contributed by atoms with van der Waals surface area (Å²) in [6.07, 6.45) is 6.57. The molecule has 8 heteroatoms. The summed E-state index contributed by atoms with van der Waals surface area (Å²) in [6, 6.07) is 4.49. The van der Waals surface area contributed by atoms with Gasteiger partial charge in [-0.3, -0.25) is 9.59 Å². The van der Waals surface area contributed by atoms with Gasteiger partial charge in [0.25, 0.3) is 5.91 Å². The normalized spacial score (nSPS) is 15.8. The molecule has 1 heterocycles. The molecule has 1 fully saturated rings. The van der Waals surface area contributed by atoms with Crippen LogP contribution in [-0.4, -0.2) is 42.7 Å². The van der Waals surface area contributed by atoms with Gasteiger partial charge in [0.2, 0.25) is 15.5 Å². The summed E-state index contributed by atoms with van der Waals surface area (Å²) in [6.45, 7) is 4.22. The number of nitrogens with zero attached hydrogens (tertiary/aromatic N) is 1. The largest absolute Gasteiger partial charge is 0.360 e. The first-order chi connectivity index (χ1) is 13.4. The van der Waals surface area contributed by atoms with Crippen LogP contribution in [0.4, 0.5) is 0 Å². The van der Waals surface area contributed by atoms with Crippen LogP contribution >= 0.6 is 0 Å². The third kappa shape index (κ3) is 3.98. The first-order valence-corrected chi connectivity index (χ1v) is 11.3. The Morgan fingerprint density at radius 3 is 2.50 bits per heavy atom. The first-order valence-electron chi connectivity index (χ1n) is 9.85. The number of carbonyl (C=O) groups is 1. The van der Waals surface area contributed by atoms with E-state index in [4.69, 9.17) is 0 Å². The molecule has 0 atom stereocenters. The van der Waals surface area contributed by atoms with Crippen molar-refractivity contribution in [3.05, 3.63) is 40.2 Å². The van der Waals surface area contributed by atoms with Gasteiger partial charge >= 0.3 is 0 Å². The Morgan fingerprint density at radius 1 is 1.18 bits per heavy atom. The highest BCUT2D eigenvalue weighted by molar-refractivity contribution is 7.89. The monoisotopic (exact) mass is 405 g/mol. The maximum Gasteiger partial charge on any atom is 0.256 e. The van der Waals surface area contributed by atoms with E-state index in [9.17, 15) is 18.0 Å². The predicted octanol–water partition coefficient (Wildman–Crippen LogP) is 2.62. The molecule has 0 bridgehead atoms. The number of aromatic amines is 1. The van der Waals surface area contributed by atoms with Crippen LogP contribution in [0.25, 0.3) is 10.9 Å². The fourth-order valence-electron chi connectivity index (χ4n) is 3.75. The summed E-state index contributed by atoms with van der Waals surface area (Å²) in [5.41, 5.74) is 0.0480. The smallest absolute Gasteiger partial charge is 0.256 e. The average molecular weight is 406 g/mol. The Morgan fingerprint density at radius 2 is 1.86 bits per heavy atom. The Kier molecular flexibility index (Phi) is 6.20. The summed E-state index contributed by atoms with van der Waals surface area (Å²) >= 11 is 0. The van der Waals surface area contributed by atoms with E-state index in [1.165, 1.54) is 29.1 Å². The zero-order chi connectivity index (χ0) is 20.3. The molecule has 1 aromatic heterocycles. The minimum Gasteiger partial charge on any atom is -0.360 e. The van der Waals surface area contributed by atoms with Crippen molar-refractivity contribution in [1.29, 1.82) is 0 Å². The van der Waals surface area contributed by atoms with Crippen LogP contribution in [-0.2, 0) is 10.0 Å². The highest BCUT2D eigenvalue weighted by Crippen LogP contribution is 2.20. The lowest BCUT2D eigenvalue weighted by atomic mass is 9.95. The third-order valence-corrected chi connectivity index (χ3v) is 7.43. The minimum atomic E-state index is -3.69. The van der Waals surface area contributed by atoms with Crippen molar-refractivity contribution in [2.45, 2.75) is 56.9 Å². The molecule has 1 aromatic carbocycles. The molecular formula is C20H27N3O4S. The number of hydrogen-bond donors (Lipinski definition) is 2. The van der Waals surface area contributed by atoms with E-state index >= 15 is 0 Å². The number of fused-ring (bicyclic) bond motifs is 1. The lowest BCUT2D eigenvalue weighted by molar-refractivity contribution is 0.0926. The number of rotatable bonds is 6. The van der Waals surface area contributed by atoms with E-state index in [1.54, 1.807) is 19.9 Å². The Bertz CT molecular complexity index is 1020. The Balaban J connectivity index is 1.98. The van der Waals surface area contributed by atoms with Gasteiger partial charge in [0.15, 0.2) is 0 Å². The molecule has 0 unspecified atom stereocenters. The summed E-state index contributed by atoms with van der Waals surface area (Å²) in [4.78, 5) is 28.5. The van der Waals surface area contributed by atoms with Gasteiger partial charge in [-0.15, -0.1) is 0 Å². The fraction of sp³-hybridized carbons (Fsp3) is 0.500. The van der Waals surface area contributed by atoms with Gasteiger partial charge in [0.05, 0.1) is 4.90 Å². The summed E-state index contributed by atoms with van der Waals surface area (Å²) < 4.78 is 26.9. The Labute approximate surface area is 165 Å². The van der Waals surface area contributed by atoms with E-state index in [0.717, 1.165) is 25.7 Å². The van der Waals surface area contributed by atoms with Gasteiger partial charge in [-0.05, 0) is 31.0 Å². The molecule has 2 aromatic rings. The third-order valence-electron chi connectivity index (χ3n) is 5.38. The van der Waals surface area contributed by atoms with Crippen molar-refractivity contribution < 1.29 is 13.2 Å². The van der Waals surface area contributed by atoms with Gasteiger partial charge < -0.3 is 10.3 Å².